The third-order valence-electron chi connectivity index (χ3n) is 3.65. The van der Waals surface area contributed by atoms with Gasteiger partial charge in [-0.2, -0.15) is 0 Å². The fourth-order valence-electron chi connectivity index (χ4n) is 2.43. The number of hydrogen-bond donors (Lipinski definition) is 1. The summed E-state index contributed by atoms with van der Waals surface area (Å²) in [7, 11) is 0. The van der Waals surface area contributed by atoms with Gasteiger partial charge in [0.25, 0.3) is 0 Å². The topological polar surface area (TPSA) is 32.3 Å². The Hall–Kier alpha value is -1.61. The first-order chi connectivity index (χ1) is 9.74. The summed E-state index contributed by atoms with van der Waals surface area (Å²) in [6.07, 6.45) is 7.15. The van der Waals surface area contributed by atoms with Gasteiger partial charge in [-0.1, -0.05) is 29.8 Å². The number of likely N-dealkylation sites (tertiary alicyclic amines) is 1. The zero-order valence-electron chi connectivity index (χ0n) is 12.3. The molecule has 0 spiro atoms. The van der Waals surface area contributed by atoms with Crippen molar-refractivity contribution < 1.29 is 4.79 Å². The summed E-state index contributed by atoms with van der Waals surface area (Å²) < 4.78 is 0. The molecule has 1 aliphatic heterocycles. The van der Waals surface area contributed by atoms with Gasteiger partial charge in [-0.25, -0.2) is 0 Å². The van der Waals surface area contributed by atoms with Gasteiger partial charge in [0, 0.05) is 12.6 Å². The van der Waals surface area contributed by atoms with Gasteiger partial charge in [0.1, 0.15) is 0 Å². The van der Waals surface area contributed by atoms with Crippen LogP contribution in [0, 0.1) is 6.92 Å². The number of rotatable bonds is 6. The maximum Gasteiger partial charge on any atom is 0.243 e. The highest BCUT2D eigenvalue weighted by molar-refractivity contribution is 5.91. The van der Waals surface area contributed by atoms with E-state index in [4.69, 9.17) is 0 Å². The summed E-state index contributed by atoms with van der Waals surface area (Å²) in [5, 5.41) is 2.94. The van der Waals surface area contributed by atoms with Gasteiger partial charge in [-0.3, -0.25) is 4.79 Å². The molecule has 1 aromatic rings. The number of carbonyl (C=O) groups excluding carboxylic acids is 1. The number of hydrogen-bond acceptors (Lipinski definition) is 2. The van der Waals surface area contributed by atoms with E-state index in [0.717, 1.165) is 25.1 Å². The predicted octanol–water partition coefficient (Wildman–Crippen LogP) is 2.61. The van der Waals surface area contributed by atoms with E-state index in [1.54, 1.807) is 6.08 Å². The van der Waals surface area contributed by atoms with E-state index in [-0.39, 0.29) is 5.91 Å². The molecule has 1 N–H and O–H groups in total. The maximum atomic E-state index is 11.7. The summed E-state index contributed by atoms with van der Waals surface area (Å²) in [4.78, 5) is 14.1. The van der Waals surface area contributed by atoms with Crippen LogP contribution in [0.2, 0.25) is 0 Å². The summed E-state index contributed by atoms with van der Waals surface area (Å²) in [6, 6.07) is 8.14. The Balaban J connectivity index is 1.63. The van der Waals surface area contributed by atoms with Crippen LogP contribution < -0.4 is 5.32 Å². The van der Waals surface area contributed by atoms with Crippen molar-refractivity contribution in [1.29, 1.82) is 0 Å². The number of benzene rings is 1. The number of amides is 1. The second-order valence-corrected chi connectivity index (χ2v) is 5.44. The molecule has 0 atom stereocenters. The molecule has 0 aliphatic carbocycles. The number of nitrogens with zero attached hydrogens (tertiary/aromatic N) is 1. The van der Waals surface area contributed by atoms with E-state index in [0.29, 0.717) is 0 Å². The molecule has 108 valence electrons. The van der Waals surface area contributed by atoms with Crippen molar-refractivity contribution in [3.05, 3.63) is 41.5 Å². The van der Waals surface area contributed by atoms with Crippen molar-refractivity contribution in [1.82, 2.24) is 10.2 Å². The summed E-state index contributed by atoms with van der Waals surface area (Å²) >= 11 is 0. The molecule has 0 saturated carbocycles. The average molecular weight is 272 g/mol. The molecule has 1 fully saturated rings. The quantitative estimate of drug-likeness (QED) is 0.638. The van der Waals surface area contributed by atoms with Crippen LogP contribution in [0.15, 0.2) is 30.3 Å². The largest absolute Gasteiger partial charge is 0.353 e. The Morgan fingerprint density at radius 2 is 1.95 bits per heavy atom. The smallest absolute Gasteiger partial charge is 0.243 e. The van der Waals surface area contributed by atoms with Gasteiger partial charge in [0.05, 0.1) is 0 Å². The Morgan fingerprint density at radius 3 is 2.65 bits per heavy atom. The first-order valence-electron chi connectivity index (χ1n) is 7.49. The van der Waals surface area contributed by atoms with Gasteiger partial charge in [0.2, 0.25) is 5.91 Å². The van der Waals surface area contributed by atoms with Gasteiger partial charge in [-0.15, -0.1) is 0 Å². The monoisotopic (exact) mass is 272 g/mol. The van der Waals surface area contributed by atoms with Gasteiger partial charge < -0.3 is 10.2 Å². The Bertz CT molecular complexity index is 445. The summed E-state index contributed by atoms with van der Waals surface area (Å²) in [6.45, 7) is 6.36. The number of carbonyl (C=O) groups is 1. The van der Waals surface area contributed by atoms with Crippen LogP contribution in [0.4, 0.5) is 0 Å². The van der Waals surface area contributed by atoms with Crippen LogP contribution in [0.1, 0.15) is 30.4 Å². The lowest BCUT2D eigenvalue weighted by Crippen LogP contribution is -2.27. The normalized spacial score (nSPS) is 15.8. The van der Waals surface area contributed by atoms with Gasteiger partial charge in [0.15, 0.2) is 0 Å². The molecular formula is C17H24N2O. The molecule has 2 rings (SSSR count). The molecule has 1 aliphatic rings. The molecule has 1 amide bonds. The summed E-state index contributed by atoms with van der Waals surface area (Å²) in [5.41, 5.74) is 2.29. The molecule has 0 radical (unpaired) electrons. The Kier molecular flexibility index (Phi) is 5.81. The maximum absolute atomic E-state index is 11.7. The molecule has 0 aromatic heterocycles. The fourth-order valence-corrected chi connectivity index (χ4v) is 2.43. The third-order valence-corrected chi connectivity index (χ3v) is 3.65. The molecule has 0 bridgehead atoms. The SMILES string of the molecule is Cc1ccc(/C=C/C(=O)NCCCN2CCCC2)cc1. The molecular weight excluding hydrogens is 248 g/mol. The van der Waals surface area contributed by atoms with Crippen molar-refractivity contribution in [3.8, 4) is 0 Å². The predicted molar refractivity (Wildman–Crippen MR) is 83.5 cm³/mol. The molecule has 3 nitrogen and oxygen atoms in total. The van der Waals surface area contributed by atoms with Crippen LogP contribution in [0.3, 0.4) is 0 Å². The Morgan fingerprint density at radius 1 is 1.25 bits per heavy atom. The average Bonchev–Trinajstić information content (AvgIpc) is 2.96. The van der Waals surface area contributed by atoms with Crippen molar-refractivity contribution in [2.24, 2.45) is 0 Å². The lowest BCUT2D eigenvalue weighted by atomic mass is 10.1. The molecule has 0 unspecified atom stereocenters. The van der Waals surface area contributed by atoms with Crippen LogP contribution in [0.5, 0.6) is 0 Å². The van der Waals surface area contributed by atoms with Crippen LogP contribution >= 0.6 is 0 Å². The third kappa shape index (κ3) is 5.17. The molecule has 1 heterocycles. The first kappa shape index (κ1) is 14.8. The second kappa shape index (κ2) is 7.85. The van der Waals surface area contributed by atoms with Crippen LogP contribution in [-0.2, 0) is 4.79 Å². The van der Waals surface area contributed by atoms with E-state index in [1.165, 1.54) is 31.5 Å². The van der Waals surface area contributed by atoms with Crippen molar-refractivity contribution in [2.75, 3.05) is 26.2 Å². The minimum absolute atomic E-state index is 0.00741. The highest BCUT2D eigenvalue weighted by Crippen LogP contribution is 2.07. The molecule has 1 saturated heterocycles. The minimum atomic E-state index is -0.00741. The Labute approximate surface area is 121 Å². The number of aryl methyl sites for hydroxylation is 1. The minimum Gasteiger partial charge on any atom is -0.353 e. The zero-order chi connectivity index (χ0) is 14.2. The van der Waals surface area contributed by atoms with Crippen molar-refractivity contribution in [3.63, 3.8) is 0 Å². The highest BCUT2D eigenvalue weighted by Gasteiger charge is 2.10. The lowest BCUT2D eigenvalue weighted by molar-refractivity contribution is -0.116. The van der Waals surface area contributed by atoms with E-state index in [9.17, 15) is 4.79 Å². The van der Waals surface area contributed by atoms with Crippen molar-refractivity contribution >= 4 is 12.0 Å². The lowest BCUT2D eigenvalue weighted by Gasteiger charge is -2.13. The second-order valence-electron chi connectivity index (χ2n) is 5.44. The van der Waals surface area contributed by atoms with Gasteiger partial charge >= 0.3 is 0 Å². The van der Waals surface area contributed by atoms with Crippen LogP contribution in [0.25, 0.3) is 6.08 Å². The van der Waals surface area contributed by atoms with E-state index in [2.05, 4.69) is 17.1 Å². The summed E-state index contributed by atoms with van der Waals surface area (Å²) in [5.74, 6) is -0.00741. The molecule has 3 heteroatoms. The van der Waals surface area contributed by atoms with E-state index in [1.807, 2.05) is 30.3 Å². The highest BCUT2D eigenvalue weighted by atomic mass is 16.1. The molecule has 20 heavy (non-hydrogen) atoms. The number of nitrogens with one attached hydrogen (secondary N) is 1. The standard InChI is InChI=1S/C17H24N2O/c1-15-5-7-16(8-6-15)9-10-17(20)18-11-4-14-19-12-2-3-13-19/h5-10H,2-4,11-14H2,1H3,(H,18,20)/b10-9+. The van der Waals surface area contributed by atoms with Crippen molar-refractivity contribution in [2.45, 2.75) is 26.2 Å². The van der Waals surface area contributed by atoms with Crippen LogP contribution in [-0.4, -0.2) is 37.0 Å². The fraction of sp³-hybridized carbons (Fsp3) is 0.471. The van der Waals surface area contributed by atoms with Gasteiger partial charge in [-0.05, 0) is 57.5 Å². The first-order valence-corrected chi connectivity index (χ1v) is 7.49. The zero-order valence-corrected chi connectivity index (χ0v) is 12.3. The van der Waals surface area contributed by atoms with E-state index < -0.39 is 0 Å². The molecule has 1 aromatic carbocycles. The van der Waals surface area contributed by atoms with E-state index >= 15 is 0 Å².